The average molecular weight is 578 g/mol. The van der Waals surface area contributed by atoms with Crippen LogP contribution in [-0.4, -0.2) is 11.7 Å². The summed E-state index contributed by atoms with van der Waals surface area (Å²) in [6, 6.07) is 55.8. The normalized spacial score (nSPS) is 14.6. The minimum atomic E-state index is -0.243. The molecular formula is C42H31N3. The van der Waals surface area contributed by atoms with Crippen LogP contribution in [0.2, 0.25) is 0 Å². The van der Waals surface area contributed by atoms with Crippen LogP contribution in [0.4, 0.5) is 0 Å². The number of amidine groups is 2. The summed E-state index contributed by atoms with van der Waals surface area (Å²) in [4.78, 5) is 10.1. The zero-order valence-electron chi connectivity index (χ0n) is 25.0. The molecule has 7 aromatic rings. The molecule has 3 nitrogen and oxygen atoms in total. The average Bonchev–Trinajstić information content (AvgIpc) is 3.11. The van der Waals surface area contributed by atoms with Crippen molar-refractivity contribution in [3.8, 4) is 22.3 Å². The Balaban J connectivity index is 1.31. The van der Waals surface area contributed by atoms with Crippen molar-refractivity contribution in [1.82, 2.24) is 5.32 Å². The number of aryl methyl sites for hydroxylation is 1. The standard InChI is InChI=1S/C42H31N3/c1-28-14-12-19-31(26-28)38-34-22-8-10-24-36(34)39(37-25-11-9-23-35(37)38)32-20-13-21-33(27-32)42-44-40(29-15-4-2-5-16-29)43-41(45-42)30-17-6-3-7-18-30/h2-27,40H,1H3,(H,43,44,45). The quantitative estimate of drug-likeness (QED) is 0.203. The molecule has 1 aliphatic heterocycles. The lowest BCUT2D eigenvalue weighted by Gasteiger charge is -2.24. The molecule has 8 rings (SSSR count). The molecule has 0 amide bonds. The smallest absolute Gasteiger partial charge is 0.159 e. The van der Waals surface area contributed by atoms with Gasteiger partial charge in [-0.15, -0.1) is 0 Å². The fraction of sp³-hybridized carbons (Fsp3) is 0.0476. The van der Waals surface area contributed by atoms with Crippen LogP contribution in [0.15, 0.2) is 168 Å². The fourth-order valence-electron chi connectivity index (χ4n) is 6.49. The van der Waals surface area contributed by atoms with Crippen LogP contribution in [0.3, 0.4) is 0 Å². The summed E-state index contributed by atoms with van der Waals surface area (Å²) in [5, 5.41) is 8.60. The van der Waals surface area contributed by atoms with E-state index in [4.69, 9.17) is 9.98 Å². The lowest BCUT2D eigenvalue weighted by atomic mass is 9.85. The first kappa shape index (κ1) is 26.8. The molecule has 0 saturated heterocycles. The monoisotopic (exact) mass is 577 g/mol. The lowest BCUT2D eigenvalue weighted by molar-refractivity contribution is 0.674. The molecule has 1 heterocycles. The minimum Gasteiger partial charge on any atom is -0.344 e. The van der Waals surface area contributed by atoms with Crippen molar-refractivity contribution >= 4 is 33.2 Å². The first-order chi connectivity index (χ1) is 22.2. The van der Waals surface area contributed by atoms with Crippen molar-refractivity contribution in [3.63, 3.8) is 0 Å². The van der Waals surface area contributed by atoms with Crippen molar-refractivity contribution in [2.75, 3.05) is 0 Å². The summed E-state index contributed by atoms with van der Waals surface area (Å²) >= 11 is 0. The Labute approximate surface area is 263 Å². The predicted octanol–water partition coefficient (Wildman–Crippen LogP) is 10.1. The van der Waals surface area contributed by atoms with E-state index in [2.05, 4.69) is 146 Å². The van der Waals surface area contributed by atoms with E-state index in [0.29, 0.717) is 0 Å². The molecule has 0 radical (unpaired) electrons. The van der Waals surface area contributed by atoms with Crippen molar-refractivity contribution in [2.45, 2.75) is 13.1 Å². The van der Waals surface area contributed by atoms with E-state index in [0.717, 1.165) is 33.9 Å². The van der Waals surface area contributed by atoms with E-state index in [1.807, 2.05) is 24.3 Å². The van der Waals surface area contributed by atoms with Crippen LogP contribution in [0.25, 0.3) is 43.8 Å². The van der Waals surface area contributed by atoms with Crippen LogP contribution in [0, 0.1) is 6.92 Å². The Morgan fingerprint density at radius 3 is 1.56 bits per heavy atom. The van der Waals surface area contributed by atoms with E-state index < -0.39 is 0 Å². The SMILES string of the molecule is Cc1cccc(-c2c3ccccc3c(-c3cccc(C4=NC(c5ccccc5)=NC(c5ccccc5)N4)c3)c3ccccc23)c1. The van der Waals surface area contributed by atoms with Crippen LogP contribution >= 0.6 is 0 Å². The number of nitrogens with one attached hydrogen (secondary N) is 1. The molecule has 0 saturated carbocycles. The minimum absolute atomic E-state index is 0.243. The van der Waals surface area contributed by atoms with E-state index in [-0.39, 0.29) is 6.17 Å². The van der Waals surface area contributed by atoms with Crippen LogP contribution < -0.4 is 5.32 Å². The molecule has 0 aromatic heterocycles. The van der Waals surface area contributed by atoms with Gasteiger partial charge in [-0.25, -0.2) is 9.98 Å². The highest BCUT2D eigenvalue weighted by molar-refractivity contribution is 6.22. The van der Waals surface area contributed by atoms with Gasteiger partial charge in [-0.05, 0) is 62.4 Å². The van der Waals surface area contributed by atoms with Gasteiger partial charge in [0, 0.05) is 11.1 Å². The molecule has 7 aromatic carbocycles. The first-order valence-corrected chi connectivity index (χ1v) is 15.4. The van der Waals surface area contributed by atoms with Crippen LogP contribution in [-0.2, 0) is 0 Å². The van der Waals surface area contributed by atoms with Gasteiger partial charge in [-0.3, -0.25) is 0 Å². The van der Waals surface area contributed by atoms with Crippen LogP contribution in [0.1, 0.15) is 28.4 Å². The number of hydrogen-bond donors (Lipinski definition) is 1. The lowest BCUT2D eigenvalue weighted by Crippen LogP contribution is -2.33. The third-order valence-corrected chi connectivity index (χ3v) is 8.55. The zero-order valence-corrected chi connectivity index (χ0v) is 25.0. The Hall–Kier alpha value is -5.80. The summed E-state index contributed by atoms with van der Waals surface area (Å²) in [7, 11) is 0. The third kappa shape index (κ3) is 4.99. The van der Waals surface area contributed by atoms with Crippen molar-refractivity contribution in [2.24, 2.45) is 9.98 Å². The summed E-state index contributed by atoms with van der Waals surface area (Å²) in [5.74, 6) is 1.53. The molecule has 214 valence electrons. The Bertz CT molecular complexity index is 2190. The molecule has 0 fully saturated rings. The second-order valence-corrected chi connectivity index (χ2v) is 11.5. The molecule has 3 heteroatoms. The van der Waals surface area contributed by atoms with E-state index >= 15 is 0 Å². The topological polar surface area (TPSA) is 36.8 Å². The van der Waals surface area contributed by atoms with E-state index in [1.54, 1.807) is 0 Å². The Morgan fingerprint density at radius 2 is 0.956 bits per heavy atom. The predicted molar refractivity (Wildman–Crippen MR) is 189 cm³/mol. The largest absolute Gasteiger partial charge is 0.344 e. The summed E-state index contributed by atoms with van der Waals surface area (Å²) in [6.45, 7) is 2.16. The van der Waals surface area contributed by atoms with Crippen molar-refractivity contribution < 1.29 is 0 Å². The van der Waals surface area contributed by atoms with Gasteiger partial charge >= 0.3 is 0 Å². The summed E-state index contributed by atoms with van der Waals surface area (Å²) in [6.07, 6.45) is -0.243. The number of hydrogen-bond acceptors (Lipinski definition) is 3. The maximum atomic E-state index is 5.08. The maximum absolute atomic E-state index is 5.08. The fourth-order valence-corrected chi connectivity index (χ4v) is 6.49. The second-order valence-electron chi connectivity index (χ2n) is 11.5. The third-order valence-electron chi connectivity index (χ3n) is 8.55. The molecule has 0 aliphatic carbocycles. The Kier molecular flexibility index (Phi) is 6.77. The highest BCUT2D eigenvalue weighted by Crippen LogP contribution is 2.43. The van der Waals surface area contributed by atoms with Gasteiger partial charge in [0.25, 0.3) is 0 Å². The summed E-state index contributed by atoms with van der Waals surface area (Å²) in [5.41, 5.74) is 9.27. The first-order valence-electron chi connectivity index (χ1n) is 15.4. The van der Waals surface area contributed by atoms with Gasteiger partial charge in [-0.1, -0.05) is 157 Å². The number of aliphatic imine (C=N–C) groups is 2. The van der Waals surface area contributed by atoms with Gasteiger partial charge in [0.1, 0.15) is 12.0 Å². The number of benzene rings is 7. The number of fused-ring (bicyclic) bond motifs is 2. The number of nitrogens with zero attached hydrogens (tertiary/aromatic N) is 2. The highest BCUT2D eigenvalue weighted by atomic mass is 15.2. The van der Waals surface area contributed by atoms with Gasteiger partial charge in [0.15, 0.2) is 5.84 Å². The molecule has 1 N–H and O–H groups in total. The maximum Gasteiger partial charge on any atom is 0.159 e. The van der Waals surface area contributed by atoms with Gasteiger partial charge < -0.3 is 5.32 Å². The molecular weight excluding hydrogens is 546 g/mol. The highest BCUT2D eigenvalue weighted by Gasteiger charge is 2.22. The number of rotatable bonds is 5. The second kappa shape index (κ2) is 11.4. The zero-order chi connectivity index (χ0) is 30.2. The van der Waals surface area contributed by atoms with E-state index in [9.17, 15) is 0 Å². The molecule has 0 bridgehead atoms. The van der Waals surface area contributed by atoms with Crippen LogP contribution in [0.5, 0.6) is 0 Å². The molecule has 1 atom stereocenters. The molecule has 45 heavy (non-hydrogen) atoms. The van der Waals surface area contributed by atoms with Gasteiger partial charge in [0.2, 0.25) is 0 Å². The molecule has 1 unspecified atom stereocenters. The molecule has 1 aliphatic rings. The van der Waals surface area contributed by atoms with E-state index in [1.165, 1.54) is 43.8 Å². The van der Waals surface area contributed by atoms with Crippen molar-refractivity contribution in [1.29, 1.82) is 0 Å². The molecule has 0 spiro atoms. The van der Waals surface area contributed by atoms with Gasteiger partial charge in [-0.2, -0.15) is 0 Å². The van der Waals surface area contributed by atoms with Crippen molar-refractivity contribution in [3.05, 3.63) is 180 Å². The Morgan fingerprint density at radius 1 is 0.467 bits per heavy atom. The summed E-state index contributed by atoms with van der Waals surface area (Å²) < 4.78 is 0. The van der Waals surface area contributed by atoms with Gasteiger partial charge in [0.05, 0.1) is 0 Å².